The molecule has 21 heavy (non-hydrogen) atoms. The molecule has 0 aliphatic rings. The van der Waals surface area contributed by atoms with Gasteiger partial charge in [-0.2, -0.15) is 0 Å². The summed E-state index contributed by atoms with van der Waals surface area (Å²) in [4.78, 5) is 0. The fraction of sp³-hybridized carbons (Fsp3) is 0.111. The van der Waals surface area contributed by atoms with Gasteiger partial charge in [0.25, 0.3) is 0 Å². The van der Waals surface area contributed by atoms with Gasteiger partial charge in [-0.05, 0) is 34.7 Å². The number of fused-ring (bicyclic) bond motifs is 1. The molecule has 0 fully saturated rings. The third kappa shape index (κ3) is 2.92. The van der Waals surface area contributed by atoms with Crippen LogP contribution in [0.15, 0.2) is 60.7 Å². The number of halogens is 2. The first-order chi connectivity index (χ1) is 10.1. The van der Waals surface area contributed by atoms with Gasteiger partial charge in [-0.25, -0.2) is 4.39 Å². The highest BCUT2D eigenvalue weighted by Crippen LogP contribution is 2.31. The molecular formula is C18H14ClFO. The third-order valence-corrected chi connectivity index (χ3v) is 3.94. The standard InChI is InChI=1S/C18H14ClFO/c19-17-10-9-16(14-3-1-2-4-15(14)17)18(21)11-12-5-7-13(20)8-6-12/h1-10,18,21H,11H2. The maximum absolute atomic E-state index is 12.9. The fourth-order valence-corrected chi connectivity index (χ4v) is 2.76. The van der Waals surface area contributed by atoms with Crippen molar-refractivity contribution in [3.8, 4) is 0 Å². The molecule has 1 atom stereocenters. The van der Waals surface area contributed by atoms with Crippen molar-refractivity contribution < 1.29 is 9.50 Å². The van der Waals surface area contributed by atoms with Gasteiger partial charge < -0.3 is 5.11 Å². The van der Waals surface area contributed by atoms with Crippen molar-refractivity contribution in [2.75, 3.05) is 0 Å². The molecule has 106 valence electrons. The maximum atomic E-state index is 12.9. The van der Waals surface area contributed by atoms with E-state index < -0.39 is 6.10 Å². The zero-order valence-corrected chi connectivity index (χ0v) is 12.0. The Kier molecular flexibility index (Phi) is 3.91. The molecule has 3 aromatic carbocycles. The van der Waals surface area contributed by atoms with Crippen molar-refractivity contribution in [2.45, 2.75) is 12.5 Å². The van der Waals surface area contributed by atoms with Crippen LogP contribution in [0.25, 0.3) is 10.8 Å². The highest BCUT2D eigenvalue weighted by molar-refractivity contribution is 6.35. The van der Waals surface area contributed by atoms with E-state index in [1.807, 2.05) is 30.3 Å². The predicted molar refractivity (Wildman–Crippen MR) is 84.0 cm³/mol. The Hall–Kier alpha value is -1.90. The smallest absolute Gasteiger partial charge is 0.123 e. The lowest BCUT2D eigenvalue weighted by Crippen LogP contribution is -2.02. The van der Waals surface area contributed by atoms with Crippen LogP contribution in [0.3, 0.4) is 0 Å². The van der Waals surface area contributed by atoms with Crippen LogP contribution in [0, 0.1) is 5.82 Å². The third-order valence-electron chi connectivity index (χ3n) is 3.61. The normalized spacial score (nSPS) is 12.5. The van der Waals surface area contributed by atoms with E-state index in [4.69, 9.17) is 11.6 Å². The summed E-state index contributed by atoms with van der Waals surface area (Å²) in [5.41, 5.74) is 1.72. The van der Waals surface area contributed by atoms with E-state index in [1.54, 1.807) is 18.2 Å². The molecule has 1 N–H and O–H groups in total. The Morgan fingerprint density at radius 1 is 0.905 bits per heavy atom. The molecule has 1 nitrogen and oxygen atoms in total. The molecule has 0 saturated carbocycles. The molecule has 0 aliphatic heterocycles. The second-order valence-electron chi connectivity index (χ2n) is 5.03. The lowest BCUT2D eigenvalue weighted by atomic mass is 9.96. The summed E-state index contributed by atoms with van der Waals surface area (Å²) in [6.45, 7) is 0. The first-order valence-electron chi connectivity index (χ1n) is 6.75. The summed E-state index contributed by atoms with van der Waals surface area (Å²) in [5, 5.41) is 13.0. The average Bonchev–Trinajstić information content (AvgIpc) is 2.50. The minimum absolute atomic E-state index is 0.273. The summed E-state index contributed by atoms with van der Waals surface area (Å²) in [6.07, 6.45) is -0.219. The van der Waals surface area contributed by atoms with Crippen LogP contribution in [0.2, 0.25) is 5.02 Å². The van der Waals surface area contributed by atoms with Gasteiger partial charge in [-0.15, -0.1) is 0 Å². The number of aliphatic hydroxyl groups excluding tert-OH is 1. The van der Waals surface area contributed by atoms with Crippen LogP contribution in [0.5, 0.6) is 0 Å². The molecule has 0 spiro atoms. The van der Waals surface area contributed by atoms with E-state index in [2.05, 4.69) is 0 Å². The zero-order valence-electron chi connectivity index (χ0n) is 11.3. The molecular weight excluding hydrogens is 287 g/mol. The Bertz CT molecular complexity index is 768. The van der Waals surface area contributed by atoms with E-state index in [9.17, 15) is 9.50 Å². The topological polar surface area (TPSA) is 20.2 Å². The van der Waals surface area contributed by atoms with Gasteiger partial charge in [0, 0.05) is 16.8 Å². The summed E-state index contributed by atoms with van der Waals surface area (Å²) < 4.78 is 12.9. The molecule has 0 amide bonds. The first-order valence-corrected chi connectivity index (χ1v) is 7.12. The van der Waals surface area contributed by atoms with Gasteiger partial charge in [0.05, 0.1) is 6.10 Å². The van der Waals surface area contributed by atoms with E-state index in [0.29, 0.717) is 11.4 Å². The van der Waals surface area contributed by atoms with Crippen molar-refractivity contribution in [1.82, 2.24) is 0 Å². The van der Waals surface area contributed by atoms with Gasteiger partial charge >= 0.3 is 0 Å². The Labute approximate surface area is 127 Å². The van der Waals surface area contributed by atoms with Crippen molar-refractivity contribution in [3.05, 3.63) is 82.6 Å². The van der Waals surface area contributed by atoms with Crippen LogP contribution in [0.1, 0.15) is 17.2 Å². The second kappa shape index (κ2) is 5.84. The molecule has 0 aromatic heterocycles. The van der Waals surface area contributed by atoms with Gasteiger partial charge in [0.2, 0.25) is 0 Å². The van der Waals surface area contributed by atoms with Crippen molar-refractivity contribution in [2.24, 2.45) is 0 Å². The number of rotatable bonds is 3. The van der Waals surface area contributed by atoms with Crippen LogP contribution >= 0.6 is 11.6 Å². The number of aliphatic hydroxyl groups is 1. The van der Waals surface area contributed by atoms with Crippen LogP contribution in [-0.4, -0.2) is 5.11 Å². The fourth-order valence-electron chi connectivity index (χ4n) is 2.53. The quantitative estimate of drug-likeness (QED) is 0.729. The lowest BCUT2D eigenvalue weighted by molar-refractivity contribution is 0.180. The molecule has 0 radical (unpaired) electrons. The molecule has 0 saturated heterocycles. The van der Waals surface area contributed by atoms with Crippen LogP contribution in [-0.2, 0) is 6.42 Å². The minimum atomic E-state index is -0.655. The highest BCUT2D eigenvalue weighted by atomic mass is 35.5. The molecule has 3 heteroatoms. The van der Waals surface area contributed by atoms with Gasteiger partial charge in [0.15, 0.2) is 0 Å². The van der Waals surface area contributed by atoms with E-state index in [1.165, 1.54) is 12.1 Å². The average molecular weight is 301 g/mol. The minimum Gasteiger partial charge on any atom is -0.388 e. The molecule has 0 heterocycles. The second-order valence-corrected chi connectivity index (χ2v) is 5.44. The first kappa shape index (κ1) is 14.1. The van der Waals surface area contributed by atoms with E-state index in [0.717, 1.165) is 21.9 Å². The number of hydrogen-bond donors (Lipinski definition) is 1. The number of benzene rings is 3. The summed E-state index contributed by atoms with van der Waals surface area (Å²) in [6, 6.07) is 17.6. The van der Waals surface area contributed by atoms with E-state index >= 15 is 0 Å². The Balaban J connectivity index is 1.96. The number of hydrogen-bond acceptors (Lipinski definition) is 1. The molecule has 1 unspecified atom stereocenters. The summed E-state index contributed by atoms with van der Waals surface area (Å²) in [7, 11) is 0. The van der Waals surface area contributed by atoms with E-state index in [-0.39, 0.29) is 5.82 Å². The maximum Gasteiger partial charge on any atom is 0.123 e. The largest absolute Gasteiger partial charge is 0.388 e. The summed E-state index contributed by atoms with van der Waals surface area (Å²) >= 11 is 6.19. The monoisotopic (exact) mass is 300 g/mol. The summed E-state index contributed by atoms with van der Waals surface area (Å²) in [5.74, 6) is -0.273. The SMILES string of the molecule is OC(Cc1ccc(F)cc1)c1ccc(Cl)c2ccccc12. The van der Waals surface area contributed by atoms with Gasteiger partial charge in [-0.1, -0.05) is 54.1 Å². The zero-order chi connectivity index (χ0) is 14.8. The van der Waals surface area contributed by atoms with Gasteiger partial charge in [-0.3, -0.25) is 0 Å². The van der Waals surface area contributed by atoms with Crippen molar-refractivity contribution in [3.63, 3.8) is 0 Å². The molecule has 0 aliphatic carbocycles. The van der Waals surface area contributed by atoms with Crippen LogP contribution in [0.4, 0.5) is 4.39 Å². The molecule has 3 aromatic rings. The molecule has 0 bridgehead atoms. The van der Waals surface area contributed by atoms with Crippen molar-refractivity contribution in [1.29, 1.82) is 0 Å². The Morgan fingerprint density at radius 3 is 2.29 bits per heavy atom. The van der Waals surface area contributed by atoms with Gasteiger partial charge in [0.1, 0.15) is 5.82 Å². The highest BCUT2D eigenvalue weighted by Gasteiger charge is 2.13. The Morgan fingerprint density at radius 2 is 1.57 bits per heavy atom. The predicted octanol–water partition coefficient (Wildman–Crippen LogP) is 4.91. The lowest BCUT2D eigenvalue weighted by Gasteiger charge is -2.15. The molecule has 3 rings (SSSR count). The van der Waals surface area contributed by atoms with Crippen LogP contribution < -0.4 is 0 Å². The van der Waals surface area contributed by atoms with Crippen molar-refractivity contribution >= 4 is 22.4 Å².